The number of aromatic nitrogens is 4. The summed E-state index contributed by atoms with van der Waals surface area (Å²) in [7, 11) is 1.57. The Bertz CT molecular complexity index is 1520. The first kappa shape index (κ1) is 24.5. The Labute approximate surface area is 212 Å². The fourth-order valence-corrected chi connectivity index (χ4v) is 4.05. The fraction of sp³-hybridized carbons (Fsp3) is 0.400. The number of fused-ring (bicyclic) bond motifs is 5. The highest BCUT2D eigenvalue weighted by atomic mass is 16.6. The smallest absolute Gasteiger partial charge is 0.415 e. The van der Waals surface area contributed by atoms with Gasteiger partial charge in [-0.3, -0.25) is 9.69 Å². The maximum atomic E-state index is 13.1. The van der Waals surface area contributed by atoms with E-state index in [0.717, 1.165) is 5.56 Å². The van der Waals surface area contributed by atoms with Crippen LogP contribution in [0, 0.1) is 6.92 Å². The number of aryl methyl sites for hydroxylation is 1. The van der Waals surface area contributed by atoms with Crippen LogP contribution in [0.2, 0.25) is 0 Å². The third-order valence-electron chi connectivity index (χ3n) is 5.64. The molecule has 1 aliphatic rings. The number of ether oxygens (including phenoxy) is 2. The number of hydrogen-bond donors (Lipinski definition) is 2. The average Bonchev–Trinajstić information content (AvgIpc) is 3.39. The molecule has 12 heteroatoms. The van der Waals surface area contributed by atoms with Gasteiger partial charge in [0.2, 0.25) is 0 Å². The quantitative estimate of drug-likeness (QED) is 0.392. The van der Waals surface area contributed by atoms with Crippen LogP contribution in [0.25, 0.3) is 16.7 Å². The van der Waals surface area contributed by atoms with Crippen molar-refractivity contribution in [2.75, 3.05) is 23.9 Å². The molecule has 0 aliphatic carbocycles. The minimum atomic E-state index is -0.699. The monoisotopic (exact) mass is 507 g/mol. The number of nitrogens with one attached hydrogen (secondary N) is 2. The molecule has 4 bridgehead atoms. The van der Waals surface area contributed by atoms with Crippen molar-refractivity contribution in [1.82, 2.24) is 24.9 Å². The molecular weight excluding hydrogens is 478 g/mol. The van der Waals surface area contributed by atoms with Crippen molar-refractivity contribution in [2.45, 2.75) is 52.9 Å². The summed E-state index contributed by atoms with van der Waals surface area (Å²) in [4.78, 5) is 36.5. The van der Waals surface area contributed by atoms with Gasteiger partial charge in [-0.05, 0) is 45.4 Å². The third kappa shape index (κ3) is 4.92. The van der Waals surface area contributed by atoms with Crippen LogP contribution in [0.1, 0.15) is 49.5 Å². The number of carbonyl (C=O) groups excluding carboxylic acids is 2. The number of amides is 2. The molecule has 4 aromatic rings. The van der Waals surface area contributed by atoms with Crippen molar-refractivity contribution in [1.29, 1.82) is 0 Å². The van der Waals surface area contributed by atoms with Gasteiger partial charge in [-0.2, -0.15) is 9.61 Å². The maximum Gasteiger partial charge on any atom is 0.415 e. The van der Waals surface area contributed by atoms with Crippen LogP contribution in [0.4, 0.5) is 22.1 Å². The second kappa shape index (κ2) is 9.04. The summed E-state index contributed by atoms with van der Waals surface area (Å²) in [6.07, 6.45) is 0.842. The van der Waals surface area contributed by atoms with Crippen molar-refractivity contribution < 1.29 is 23.5 Å². The fourth-order valence-electron chi connectivity index (χ4n) is 4.05. The molecule has 2 N–H and O–H groups in total. The number of hydrogen-bond acceptors (Lipinski definition) is 9. The minimum absolute atomic E-state index is 0.251. The van der Waals surface area contributed by atoms with Crippen LogP contribution < -0.4 is 15.5 Å². The molecule has 0 spiro atoms. The van der Waals surface area contributed by atoms with E-state index in [0.29, 0.717) is 47.5 Å². The number of rotatable bonds is 1. The van der Waals surface area contributed by atoms with Gasteiger partial charge in [0.15, 0.2) is 17.1 Å². The summed E-state index contributed by atoms with van der Waals surface area (Å²) in [5, 5.41) is 10.6. The largest absolute Gasteiger partial charge is 0.443 e. The number of benzene rings is 1. The van der Waals surface area contributed by atoms with Crippen LogP contribution in [-0.2, 0) is 16.1 Å². The van der Waals surface area contributed by atoms with E-state index in [1.807, 2.05) is 19.1 Å². The molecule has 1 atom stereocenters. The van der Waals surface area contributed by atoms with Crippen LogP contribution in [0.15, 0.2) is 28.8 Å². The second-order valence-corrected chi connectivity index (χ2v) is 10.1. The Morgan fingerprint density at radius 2 is 2.03 bits per heavy atom. The zero-order valence-corrected chi connectivity index (χ0v) is 21.6. The number of anilines is 3. The molecule has 194 valence electrons. The SMILES string of the molecule is Cc1nc2cc3cc(c2o1)Nc1cc(N(C)C(=O)OC(C)(C)C)n2ncc(c2n1)C(=O)N[C@H](C)COC3. The lowest BCUT2D eigenvalue weighted by atomic mass is 10.1. The van der Waals surface area contributed by atoms with Crippen LogP contribution in [-0.4, -0.2) is 56.9 Å². The zero-order valence-electron chi connectivity index (χ0n) is 21.6. The van der Waals surface area contributed by atoms with E-state index in [2.05, 4.69) is 25.7 Å². The molecule has 0 unspecified atom stereocenters. The summed E-state index contributed by atoms with van der Waals surface area (Å²) < 4.78 is 18.7. The molecular formula is C25H29N7O5. The summed E-state index contributed by atoms with van der Waals surface area (Å²) in [6, 6.07) is 5.19. The van der Waals surface area contributed by atoms with Gasteiger partial charge in [0, 0.05) is 26.1 Å². The Morgan fingerprint density at radius 1 is 1.24 bits per heavy atom. The van der Waals surface area contributed by atoms with Crippen LogP contribution in [0.5, 0.6) is 0 Å². The van der Waals surface area contributed by atoms with E-state index < -0.39 is 11.7 Å². The molecule has 0 radical (unpaired) electrons. The van der Waals surface area contributed by atoms with Gasteiger partial charge in [0.25, 0.3) is 5.91 Å². The number of carbonyl (C=O) groups is 2. The van der Waals surface area contributed by atoms with Crippen molar-refractivity contribution in [2.24, 2.45) is 0 Å². The molecule has 5 rings (SSSR count). The highest BCUT2D eigenvalue weighted by Crippen LogP contribution is 2.31. The standard InChI is InChI=1S/C25H29N7O5/c1-13-11-35-12-15-7-17-21(36-14(2)28-17)18(8-15)29-19-9-20(31(6)24(34)37-25(3,4)5)32-22(30-19)16(10-26-32)23(33)27-13/h7-10,13H,11-12H2,1-6H3,(H,27,33)(H,29,30)/t13-/m1/s1. The zero-order chi connectivity index (χ0) is 26.5. The van der Waals surface area contributed by atoms with Crippen molar-refractivity contribution in [3.05, 3.63) is 41.4 Å². The topological polar surface area (TPSA) is 136 Å². The molecule has 12 nitrogen and oxygen atoms in total. The molecule has 3 aromatic heterocycles. The Kier molecular flexibility index (Phi) is 5.98. The molecule has 2 amide bonds. The summed E-state index contributed by atoms with van der Waals surface area (Å²) in [5.74, 6) is 0.881. The van der Waals surface area contributed by atoms with Gasteiger partial charge in [-0.15, -0.1) is 0 Å². The average molecular weight is 508 g/mol. The number of nitrogens with zero attached hydrogens (tertiary/aromatic N) is 5. The van der Waals surface area contributed by atoms with E-state index >= 15 is 0 Å². The summed E-state index contributed by atoms with van der Waals surface area (Å²) in [5.41, 5.74) is 2.53. The lowest BCUT2D eigenvalue weighted by Crippen LogP contribution is -2.36. The van der Waals surface area contributed by atoms with Crippen molar-refractivity contribution in [3.63, 3.8) is 0 Å². The van der Waals surface area contributed by atoms with Gasteiger partial charge in [-0.1, -0.05) is 0 Å². The molecule has 37 heavy (non-hydrogen) atoms. The Hall–Kier alpha value is -4.19. The summed E-state index contributed by atoms with van der Waals surface area (Å²) in [6.45, 7) is 9.61. The molecule has 1 aromatic carbocycles. The van der Waals surface area contributed by atoms with Crippen LogP contribution in [0.3, 0.4) is 0 Å². The molecule has 0 saturated heterocycles. The molecule has 4 heterocycles. The Balaban J connectivity index is 1.69. The van der Waals surface area contributed by atoms with E-state index in [-0.39, 0.29) is 23.2 Å². The van der Waals surface area contributed by atoms with Gasteiger partial charge >= 0.3 is 6.09 Å². The van der Waals surface area contributed by atoms with E-state index in [4.69, 9.17) is 13.9 Å². The predicted molar refractivity (Wildman–Crippen MR) is 136 cm³/mol. The van der Waals surface area contributed by atoms with Gasteiger partial charge in [0.05, 0.1) is 25.1 Å². The molecule has 0 fully saturated rings. The van der Waals surface area contributed by atoms with E-state index in [1.165, 1.54) is 15.6 Å². The molecule has 1 aliphatic heterocycles. The first-order valence-corrected chi connectivity index (χ1v) is 11.9. The third-order valence-corrected chi connectivity index (χ3v) is 5.64. The lowest BCUT2D eigenvalue weighted by Gasteiger charge is -2.25. The predicted octanol–water partition coefficient (Wildman–Crippen LogP) is 3.94. The maximum absolute atomic E-state index is 13.1. The van der Waals surface area contributed by atoms with E-state index in [1.54, 1.807) is 40.8 Å². The highest BCUT2D eigenvalue weighted by Gasteiger charge is 2.26. The van der Waals surface area contributed by atoms with Gasteiger partial charge in [0.1, 0.15) is 28.3 Å². The first-order valence-electron chi connectivity index (χ1n) is 11.9. The molecule has 0 saturated carbocycles. The van der Waals surface area contributed by atoms with E-state index in [9.17, 15) is 9.59 Å². The normalized spacial score (nSPS) is 16.4. The van der Waals surface area contributed by atoms with Crippen LogP contribution >= 0.6 is 0 Å². The van der Waals surface area contributed by atoms with Gasteiger partial charge < -0.3 is 24.5 Å². The first-order chi connectivity index (χ1) is 17.5. The highest BCUT2D eigenvalue weighted by molar-refractivity contribution is 6.01. The lowest BCUT2D eigenvalue weighted by molar-refractivity contribution is 0.0587. The Morgan fingerprint density at radius 3 is 2.78 bits per heavy atom. The van der Waals surface area contributed by atoms with Crippen molar-refractivity contribution >= 4 is 46.1 Å². The minimum Gasteiger partial charge on any atom is -0.443 e. The second-order valence-electron chi connectivity index (χ2n) is 10.1. The van der Waals surface area contributed by atoms with Crippen molar-refractivity contribution in [3.8, 4) is 0 Å². The summed E-state index contributed by atoms with van der Waals surface area (Å²) >= 11 is 0. The van der Waals surface area contributed by atoms with Gasteiger partial charge in [-0.25, -0.2) is 14.8 Å². The number of oxazole rings is 1.